The van der Waals surface area contributed by atoms with Gasteiger partial charge in [0, 0.05) is 11.6 Å². The molecular weight excluding hydrogens is 452 g/mol. The van der Waals surface area contributed by atoms with Gasteiger partial charge in [0.2, 0.25) is 5.89 Å². The fraction of sp³-hybridized carbons (Fsp3) is 0.259. The summed E-state index contributed by atoms with van der Waals surface area (Å²) >= 11 is 6.10. The molecule has 1 aromatic heterocycles. The molecule has 0 saturated heterocycles. The Kier molecular flexibility index (Phi) is 7.83. The summed E-state index contributed by atoms with van der Waals surface area (Å²) in [6.45, 7) is 3.14. The molecule has 0 fully saturated rings. The van der Waals surface area contributed by atoms with Crippen molar-refractivity contribution >= 4 is 28.7 Å². The van der Waals surface area contributed by atoms with Gasteiger partial charge in [0.15, 0.2) is 11.7 Å². The van der Waals surface area contributed by atoms with Crippen LogP contribution >= 0.6 is 11.6 Å². The van der Waals surface area contributed by atoms with E-state index in [1.165, 1.54) is 0 Å². The molecule has 0 aliphatic heterocycles. The average molecular weight is 479 g/mol. The van der Waals surface area contributed by atoms with Crippen molar-refractivity contribution in [3.63, 3.8) is 0 Å². The van der Waals surface area contributed by atoms with E-state index in [0.29, 0.717) is 29.6 Å². The second-order valence-electron chi connectivity index (χ2n) is 8.09. The highest BCUT2D eigenvalue weighted by Crippen LogP contribution is 2.30. The van der Waals surface area contributed by atoms with Gasteiger partial charge in [-0.25, -0.2) is 9.78 Å². The maximum Gasteiger partial charge on any atom is 0.344 e. The zero-order chi connectivity index (χ0) is 23.9. The molecule has 176 valence electrons. The minimum Gasteiger partial charge on any atom is -0.479 e. The number of carboxylic acids is 1. The molecule has 6 nitrogen and oxygen atoms in total. The van der Waals surface area contributed by atoms with Gasteiger partial charge in [-0.05, 0) is 66.9 Å². The molecule has 0 bridgehead atoms. The SMILES string of the molecule is CCC(Oc1cccc(CNCCC(c2ccc(Cl)cc2)c2nc3ccccc3o2)c1)C(=O)O. The van der Waals surface area contributed by atoms with E-state index in [0.717, 1.165) is 35.2 Å². The Bertz CT molecular complexity index is 1210. The molecule has 7 heteroatoms. The predicted octanol–water partition coefficient (Wildman–Crippen LogP) is 6.04. The predicted molar refractivity (Wildman–Crippen MR) is 132 cm³/mol. The summed E-state index contributed by atoms with van der Waals surface area (Å²) in [5.41, 5.74) is 3.72. The van der Waals surface area contributed by atoms with E-state index < -0.39 is 12.1 Å². The lowest BCUT2D eigenvalue weighted by atomic mass is 9.95. The molecule has 2 unspecified atom stereocenters. The van der Waals surface area contributed by atoms with Crippen LogP contribution in [0, 0.1) is 0 Å². The van der Waals surface area contributed by atoms with Gasteiger partial charge in [0.25, 0.3) is 0 Å². The Hall–Kier alpha value is -3.35. The van der Waals surface area contributed by atoms with Crippen LogP contribution in [0.2, 0.25) is 5.02 Å². The lowest BCUT2D eigenvalue weighted by Gasteiger charge is -2.16. The first-order valence-electron chi connectivity index (χ1n) is 11.3. The van der Waals surface area contributed by atoms with Crippen LogP contribution in [0.5, 0.6) is 5.75 Å². The third kappa shape index (κ3) is 5.95. The van der Waals surface area contributed by atoms with Crippen LogP contribution in [0.4, 0.5) is 0 Å². The summed E-state index contributed by atoms with van der Waals surface area (Å²) in [4.78, 5) is 16.0. The lowest BCUT2D eigenvalue weighted by Crippen LogP contribution is -2.26. The van der Waals surface area contributed by atoms with Crippen molar-refractivity contribution in [2.45, 2.75) is 38.3 Å². The zero-order valence-electron chi connectivity index (χ0n) is 18.9. The molecule has 0 spiro atoms. The number of oxazole rings is 1. The van der Waals surface area contributed by atoms with E-state index in [1.807, 2.05) is 66.7 Å². The fourth-order valence-electron chi connectivity index (χ4n) is 3.85. The van der Waals surface area contributed by atoms with Crippen molar-refractivity contribution in [3.05, 3.63) is 94.8 Å². The number of nitrogens with zero attached hydrogens (tertiary/aromatic N) is 1. The van der Waals surface area contributed by atoms with Crippen LogP contribution in [-0.2, 0) is 11.3 Å². The van der Waals surface area contributed by atoms with Crippen molar-refractivity contribution in [1.82, 2.24) is 10.3 Å². The average Bonchev–Trinajstić information content (AvgIpc) is 3.27. The number of para-hydroxylation sites is 2. The third-order valence-corrected chi connectivity index (χ3v) is 5.89. The van der Waals surface area contributed by atoms with Crippen LogP contribution < -0.4 is 10.1 Å². The van der Waals surface area contributed by atoms with Gasteiger partial charge in [-0.15, -0.1) is 0 Å². The van der Waals surface area contributed by atoms with Crippen LogP contribution in [0.3, 0.4) is 0 Å². The maximum absolute atomic E-state index is 11.2. The summed E-state index contributed by atoms with van der Waals surface area (Å²) in [5, 5.41) is 13.4. The van der Waals surface area contributed by atoms with Gasteiger partial charge >= 0.3 is 5.97 Å². The molecule has 0 aliphatic carbocycles. The number of aromatic nitrogens is 1. The van der Waals surface area contributed by atoms with E-state index >= 15 is 0 Å². The lowest BCUT2D eigenvalue weighted by molar-refractivity contribution is -0.145. The van der Waals surface area contributed by atoms with Gasteiger partial charge < -0.3 is 19.6 Å². The zero-order valence-corrected chi connectivity index (χ0v) is 19.7. The minimum absolute atomic E-state index is 0.0206. The number of benzene rings is 3. The molecule has 34 heavy (non-hydrogen) atoms. The number of hydrogen-bond acceptors (Lipinski definition) is 5. The van der Waals surface area contributed by atoms with Crippen LogP contribution in [-0.4, -0.2) is 28.7 Å². The Morgan fingerprint density at radius 3 is 2.65 bits per heavy atom. The van der Waals surface area contributed by atoms with Crippen LogP contribution in [0.1, 0.15) is 42.7 Å². The van der Waals surface area contributed by atoms with Gasteiger partial charge in [-0.2, -0.15) is 0 Å². The van der Waals surface area contributed by atoms with Gasteiger partial charge in [0.05, 0.1) is 5.92 Å². The van der Waals surface area contributed by atoms with E-state index in [9.17, 15) is 9.90 Å². The molecule has 0 amide bonds. The second kappa shape index (κ2) is 11.2. The monoisotopic (exact) mass is 478 g/mol. The molecule has 0 aliphatic rings. The highest BCUT2D eigenvalue weighted by atomic mass is 35.5. The van der Waals surface area contributed by atoms with Gasteiger partial charge in [0.1, 0.15) is 11.3 Å². The summed E-state index contributed by atoms with van der Waals surface area (Å²) in [6, 6.07) is 23.0. The van der Waals surface area contributed by atoms with E-state index in [-0.39, 0.29) is 5.92 Å². The Morgan fingerprint density at radius 1 is 1.12 bits per heavy atom. The number of carbonyl (C=O) groups is 1. The number of ether oxygens (including phenoxy) is 1. The number of carboxylic acid groups (broad SMARTS) is 1. The van der Waals surface area contributed by atoms with Crippen molar-refractivity contribution in [2.75, 3.05) is 6.54 Å². The van der Waals surface area contributed by atoms with E-state index in [1.54, 1.807) is 13.0 Å². The second-order valence-corrected chi connectivity index (χ2v) is 8.53. The highest BCUT2D eigenvalue weighted by molar-refractivity contribution is 6.30. The maximum atomic E-state index is 11.2. The van der Waals surface area contributed by atoms with Crippen molar-refractivity contribution in [3.8, 4) is 5.75 Å². The summed E-state index contributed by atoms with van der Waals surface area (Å²) < 4.78 is 11.7. The summed E-state index contributed by atoms with van der Waals surface area (Å²) in [5.74, 6) is 0.255. The number of hydrogen-bond donors (Lipinski definition) is 2. The minimum atomic E-state index is -0.960. The third-order valence-electron chi connectivity index (χ3n) is 5.64. The number of aliphatic carboxylic acids is 1. The molecule has 4 rings (SSSR count). The molecule has 0 radical (unpaired) electrons. The first kappa shape index (κ1) is 23.8. The molecule has 1 heterocycles. The topological polar surface area (TPSA) is 84.6 Å². The quantitative estimate of drug-likeness (QED) is 0.256. The van der Waals surface area contributed by atoms with E-state index in [4.69, 9.17) is 25.7 Å². The van der Waals surface area contributed by atoms with Gasteiger partial charge in [-0.3, -0.25) is 0 Å². The van der Waals surface area contributed by atoms with Crippen molar-refractivity contribution < 1.29 is 19.1 Å². The summed E-state index contributed by atoms with van der Waals surface area (Å²) in [6.07, 6.45) is 0.334. The normalized spacial score (nSPS) is 13.0. The Balaban J connectivity index is 1.42. The molecule has 4 aromatic rings. The Labute approximate surface area is 203 Å². The number of rotatable bonds is 11. The van der Waals surface area contributed by atoms with Gasteiger partial charge in [-0.1, -0.05) is 54.9 Å². The smallest absolute Gasteiger partial charge is 0.344 e. The van der Waals surface area contributed by atoms with E-state index in [2.05, 4.69) is 5.32 Å². The number of fused-ring (bicyclic) bond motifs is 1. The first-order chi connectivity index (χ1) is 16.5. The molecule has 2 N–H and O–H groups in total. The standard InChI is InChI=1S/C27H27ClN2O4/c1-2-24(27(31)32)33-21-7-5-6-18(16-21)17-29-15-14-22(19-10-12-20(28)13-11-19)26-30-23-8-3-4-9-25(23)34-26/h3-13,16,22,24,29H,2,14-15,17H2,1H3,(H,31,32). The number of halogens is 1. The Morgan fingerprint density at radius 2 is 1.91 bits per heavy atom. The summed E-state index contributed by atoms with van der Waals surface area (Å²) in [7, 11) is 0. The fourth-order valence-corrected chi connectivity index (χ4v) is 3.97. The first-order valence-corrected chi connectivity index (χ1v) is 11.7. The molecule has 2 atom stereocenters. The molecule has 3 aromatic carbocycles. The van der Waals surface area contributed by atoms with Crippen LogP contribution in [0.15, 0.2) is 77.2 Å². The van der Waals surface area contributed by atoms with Crippen LogP contribution in [0.25, 0.3) is 11.1 Å². The van der Waals surface area contributed by atoms with Crippen molar-refractivity contribution in [2.24, 2.45) is 0 Å². The highest BCUT2D eigenvalue weighted by Gasteiger charge is 2.20. The van der Waals surface area contributed by atoms with Crippen molar-refractivity contribution in [1.29, 1.82) is 0 Å². The number of nitrogens with one attached hydrogen (secondary N) is 1. The molecule has 0 saturated carbocycles. The molecular formula is C27H27ClN2O4. The largest absolute Gasteiger partial charge is 0.479 e.